The van der Waals surface area contributed by atoms with Gasteiger partial charge in [-0.1, -0.05) is 6.07 Å². The Kier molecular flexibility index (Phi) is 2.39. The second kappa shape index (κ2) is 3.57. The molecule has 1 heterocycles. The standard InChI is InChI=1S/C12H16N2O/c1-8(2)14-9(3)12-10(13-14)6-5-7-11(12)15-4/h5-8H,1-4H3. The topological polar surface area (TPSA) is 27.1 Å². The first-order valence-electron chi connectivity index (χ1n) is 5.17. The Morgan fingerprint density at radius 3 is 2.67 bits per heavy atom. The molecule has 0 atom stereocenters. The van der Waals surface area contributed by atoms with Crippen LogP contribution < -0.4 is 4.74 Å². The second-order valence-electron chi connectivity index (χ2n) is 3.98. The quantitative estimate of drug-likeness (QED) is 0.752. The molecule has 0 unspecified atom stereocenters. The van der Waals surface area contributed by atoms with Gasteiger partial charge in [-0.3, -0.25) is 4.68 Å². The van der Waals surface area contributed by atoms with E-state index in [1.54, 1.807) is 7.11 Å². The Morgan fingerprint density at radius 2 is 2.07 bits per heavy atom. The van der Waals surface area contributed by atoms with Crippen LogP contribution in [-0.4, -0.2) is 16.9 Å². The van der Waals surface area contributed by atoms with Crippen molar-refractivity contribution >= 4 is 10.9 Å². The fourth-order valence-corrected chi connectivity index (χ4v) is 1.95. The Balaban J connectivity index is 2.77. The van der Waals surface area contributed by atoms with Gasteiger partial charge in [-0.25, -0.2) is 0 Å². The molecule has 0 bridgehead atoms. The Labute approximate surface area is 89.7 Å². The molecule has 0 spiro atoms. The SMILES string of the molecule is COc1cccc2nn(C(C)C)c(C)c12. The summed E-state index contributed by atoms with van der Waals surface area (Å²) in [4.78, 5) is 0. The van der Waals surface area contributed by atoms with Crippen molar-refractivity contribution in [3.8, 4) is 5.75 Å². The van der Waals surface area contributed by atoms with Crippen LogP contribution in [0.5, 0.6) is 5.75 Å². The fourth-order valence-electron chi connectivity index (χ4n) is 1.95. The van der Waals surface area contributed by atoms with Crippen LogP contribution in [0.4, 0.5) is 0 Å². The maximum atomic E-state index is 5.35. The van der Waals surface area contributed by atoms with E-state index < -0.39 is 0 Å². The zero-order chi connectivity index (χ0) is 11.0. The molecule has 0 aliphatic heterocycles. The van der Waals surface area contributed by atoms with E-state index in [0.29, 0.717) is 6.04 Å². The van der Waals surface area contributed by atoms with Gasteiger partial charge >= 0.3 is 0 Å². The highest BCUT2D eigenvalue weighted by atomic mass is 16.5. The molecule has 2 aromatic rings. The number of hydrogen-bond acceptors (Lipinski definition) is 2. The first kappa shape index (κ1) is 10.0. The molecule has 2 rings (SSSR count). The third kappa shape index (κ3) is 1.48. The van der Waals surface area contributed by atoms with Crippen LogP contribution >= 0.6 is 0 Å². The van der Waals surface area contributed by atoms with Gasteiger partial charge in [0.15, 0.2) is 0 Å². The van der Waals surface area contributed by atoms with E-state index in [-0.39, 0.29) is 0 Å². The van der Waals surface area contributed by atoms with Crippen molar-refractivity contribution in [3.05, 3.63) is 23.9 Å². The van der Waals surface area contributed by atoms with E-state index in [9.17, 15) is 0 Å². The number of hydrogen-bond donors (Lipinski definition) is 0. The van der Waals surface area contributed by atoms with Crippen LogP contribution in [0.1, 0.15) is 25.6 Å². The lowest BCUT2D eigenvalue weighted by Gasteiger charge is -2.07. The molecule has 3 nitrogen and oxygen atoms in total. The molecular formula is C12H16N2O. The summed E-state index contributed by atoms with van der Waals surface area (Å²) in [5.74, 6) is 0.900. The number of aromatic nitrogens is 2. The van der Waals surface area contributed by atoms with Gasteiger partial charge in [0, 0.05) is 11.7 Å². The van der Waals surface area contributed by atoms with Gasteiger partial charge in [0.25, 0.3) is 0 Å². The maximum Gasteiger partial charge on any atom is 0.130 e. The first-order chi connectivity index (χ1) is 7.15. The maximum absolute atomic E-state index is 5.35. The average Bonchev–Trinajstić information content (AvgIpc) is 2.56. The van der Waals surface area contributed by atoms with Gasteiger partial charge in [-0.05, 0) is 32.9 Å². The summed E-state index contributed by atoms with van der Waals surface area (Å²) in [5, 5.41) is 5.68. The third-order valence-corrected chi connectivity index (χ3v) is 2.63. The van der Waals surface area contributed by atoms with E-state index in [1.807, 2.05) is 22.9 Å². The molecule has 0 saturated heterocycles. The average molecular weight is 204 g/mol. The fraction of sp³-hybridized carbons (Fsp3) is 0.417. The summed E-state index contributed by atoms with van der Waals surface area (Å²) in [7, 11) is 1.70. The number of methoxy groups -OCH3 is 1. The van der Waals surface area contributed by atoms with Crippen LogP contribution in [0.2, 0.25) is 0 Å². The molecule has 3 heteroatoms. The lowest BCUT2D eigenvalue weighted by Crippen LogP contribution is -2.04. The highest BCUT2D eigenvalue weighted by Crippen LogP contribution is 2.29. The van der Waals surface area contributed by atoms with Gasteiger partial charge < -0.3 is 4.74 Å². The Bertz CT molecular complexity index is 486. The molecule has 0 fully saturated rings. The lowest BCUT2D eigenvalue weighted by atomic mass is 10.2. The minimum absolute atomic E-state index is 0.377. The van der Waals surface area contributed by atoms with Crippen molar-refractivity contribution in [1.82, 2.24) is 9.78 Å². The molecule has 0 N–H and O–H groups in total. The summed E-state index contributed by atoms with van der Waals surface area (Å²) in [6.07, 6.45) is 0. The second-order valence-corrected chi connectivity index (χ2v) is 3.98. The molecule has 0 amide bonds. The van der Waals surface area contributed by atoms with Gasteiger partial charge in [-0.2, -0.15) is 5.10 Å². The Hall–Kier alpha value is -1.51. The molecule has 1 aromatic carbocycles. The van der Waals surface area contributed by atoms with Crippen LogP contribution in [0, 0.1) is 6.92 Å². The molecule has 0 saturated carbocycles. The minimum Gasteiger partial charge on any atom is -0.496 e. The summed E-state index contributed by atoms with van der Waals surface area (Å²) in [6, 6.07) is 6.34. The molecule has 80 valence electrons. The van der Waals surface area contributed by atoms with Crippen LogP contribution in [-0.2, 0) is 0 Å². The van der Waals surface area contributed by atoms with E-state index in [0.717, 1.165) is 22.3 Å². The largest absolute Gasteiger partial charge is 0.496 e. The van der Waals surface area contributed by atoms with E-state index in [1.165, 1.54) is 0 Å². The van der Waals surface area contributed by atoms with Gasteiger partial charge in [0.1, 0.15) is 5.75 Å². The van der Waals surface area contributed by atoms with Crippen molar-refractivity contribution in [2.24, 2.45) is 0 Å². The molecule has 0 radical (unpaired) electrons. The normalized spacial score (nSPS) is 11.3. The summed E-state index contributed by atoms with van der Waals surface area (Å²) in [6.45, 7) is 6.34. The van der Waals surface area contributed by atoms with Crippen LogP contribution in [0.3, 0.4) is 0 Å². The summed E-state index contributed by atoms with van der Waals surface area (Å²) >= 11 is 0. The van der Waals surface area contributed by atoms with Crippen LogP contribution in [0.15, 0.2) is 18.2 Å². The van der Waals surface area contributed by atoms with Crippen molar-refractivity contribution in [3.63, 3.8) is 0 Å². The van der Waals surface area contributed by atoms with Gasteiger partial charge in [-0.15, -0.1) is 0 Å². The zero-order valence-corrected chi connectivity index (χ0v) is 9.61. The van der Waals surface area contributed by atoms with Crippen molar-refractivity contribution < 1.29 is 4.74 Å². The molecular weight excluding hydrogens is 188 g/mol. The smallest absolute Gasteiger partial charge is 0.130 e. The predicted octanol–water partition coefficient (Wildman–Crippen LogP) is 2.93. The van der Waals surface area contributed by atoms with E-state index >= 15 is 0 Å². The monoisotopic (exact) mass is 204 g/mol. The minimum atomic E-state index is 0.377. The van der Waals surface area contributed by atoms with Crippen LogP contribution in [0.25, 0.3) is 10.9 Å². The van der Waals surface area contributed by atoms with E-state index in [2.05, 4.69) is 25.9 Å². The molecule has 0 aliphatic carbocycles. The zero-order valence-electron chi connectivity index (χ0n) is 9.61. The molecule has 15 heavy (non-hydrogen) atoms. The predicted molar refractivity (Wildman–Crippen MR) is 61.4 cm³/mol. The number of rotatable bonds is 2. The molecule has 1 aromatic heterocycles. The number of ether oxygens (including phenoxy) is 1. The number of benzene rings is 1. The number of aryl methyl sites for hydroxylation is 1. The van der Waals surface area contributed by atoms with Crippen molar-refractivity contribution in [2.75, 3.05) is 7.11 Å². The Morgan fingerprint density at radius 1 is 1.33 bits per heavy atom. The van der Waals surface area contributed by atoms with Gasteiger partial charge in [0.2, 0.25) is 0 Å². The number of fused-ring (bicyclic) bond motifs is 1. The highest BCUT2D eigenvalue weighted by molar-refractivity contribution is 5.87. The summed E-state index contributed by atoms with van der Waals surface area (Å²) < 4.78 is 7.38. The highest BCUT2D eigenvalue weighted by Gasteiger charge is 2.12. The van der Waals surface area contributed by atoms with E-state index in [4.69, 9.17) is 4.74 Å². The number of nitrogens with zero attached hydrogens (tertiary/aromatic N) is 2. The van der Waals surface area contributed by atoms with Crippen molar-refractivity contribution in [1.29, 1.82) is 0 Å². The first-order valence-corrected chi connectivity index (χ1v) is 5.17. The molecule has 0 aliphatic rings. The third-order valence-electron chi connectivity index (χ3n) is 2.63. The van der Waals surface area contributed by atoms with Crippen molar-refractivity contribution in [2.45, 2.75) is 26.8 Å². The lowest BCUT2D eigenvalue weighted by molar-refractivity contribution is 0.419. The van der Waals surface area contributed by atoms with Gasteiger partial charge in [0.05, 0.1) is 18.0 Å². The summed E-state index contributed by atoms with van der Waals surface area (Å²) in [5.41, 5.74) is 2.16.